The van der Waals surface area contributed by atoms with Gasteiger partial charge in [0.2, 0.25) is 0 Å². The summed E-state index contributed by atoms with van der Waals surface area (Å²) in [6.07, 6.45) is 9.16. The van der Waals surface area contributed by atoms with E-state index < -0.39 is 5.41 Å². The van der Waals surface area contributed by atoms with E-state index in [-0.39, 0.29) is 6.10 Å². The number of fused-ring (bicyclic) bond motifs is 1. The smallest absolute Gasteiger partial charge is 0.161 e. The first-order chi connectivity index (χ1) is 13.1. The summed E-state index contributed by atoms with van der Waals surface area (Å²) in [5.74, 6) is 1.56. The van der Waals surface area contributed by atoms with Crippen molar-refractivity contribution >= 4 is 0 Å². The van der Waals surface area contributed by atoms with E-state index in [0.717, 1.165) is 42.7 Å². The first-order valence-corrected chi connectivity index (χ1v) is 10.00. The monoisotopic (exact) mass is 365 g/mol. The minimum absolute atomic E-state index is 0.258. The zero-order chi connectivity index (χ0) is 18.9. The maximum atomic E-state index is 10.1. The fourth-order valence-electron chi connectivity index (χ4n) is 4.49. The van der Waals surface area contributed by atoms with Gasteiger partial charge in [-0.15, -0.1) is 0 Å². The third kappa shape index (κ3) is 3.29. The molecule has 1 aromatic heterocycles. The van der Waals surface area contributed by atoms with Crippen LogP contribution in [0.2, 0.25) is 0 Å². The van der Waals surface area contributed by atoms with Crippen LogP contribution in [0.25, 0.3) is 0 Å². The molecule has 0 amide bonds. The van der Waals surface area contributed by atoms with E-state index in [1.54, 1.807) is 0 Å². The second-order valence-electron chi connectivity index (χ2n) is 7.73. The molecule has 0 saturated heterocycles. The van der Waals surface area contributed by atoms with Crippen molar-refractivity contribution in [1.29, 1.82) is 5.26 Å². The first kappa shape index (κ1) is 17.9. The van der Waals surface area contributed by atoms with Gasteiger partial charge in [-0.05, 0) is 75.1 Å². The number of aryl methyl sites for hydroxylation is 1. The minimum Gasteiger partial charge on any atom is -0.490 e. The number of rotatable bonds is 5. The normalized spacial score (nSPS) is 22.3. The molecule has 0 bridgehead atoms. The van der Waals surface area contributed by atoms with E-state index in [2.05, 4.69) is 11.2 Å². The second kappa shape index (κ2) is 7.26. The van der Waals surface area contributed by atoms with Crippen LogP contribution >= 0.6 is 0 Å². The van der Waals surface area contributed by atoms with Gasteiger partial charge in [0.1, 0.15) is 0 Å². The molecule has 0 spiro atoms. The van der Waals surface area contributed by atoms with Gasteiger partial charge >= 0.3 is 0 Å². The topological polar surface area (TPSA) is 60.1 Å². The number of nitrogens with zero attached hydrogens (tertiary/aromatic N) is 3. The highest BCUT2D eigenvalue weighted by molar-refractivity contribution is 5.49. The highest BCUT2D eigenvalue weighted by Gasteiger charge is 2.38. The van der Waals surface area contributed by atoms with Gasteiger partial charge in [-0.1, -0.05) is 6.07 Å². The van der Waals surface area contributed by atoms with Crippen molar-refractivity contribution in [1.82, 2.24) is 9.78 Å². The maximum absolute atomic E-state index is 10.1. The molecule has 2 aliphatic carbocycles. The summed E-state index contributed by atoms with van der Waals surface area (Å²) in [7, 11) is 1.97. The molecule has 4 rings (SSSR count). The van der Waals surface area contributed by atoms with E-state index in [9.17, 15) is 5.26 Å². The summed E-state index contributed by atoms with van der Waals surface area (Å²) in [4.78, 5) is 0. The Morgan fingerprint density at radius 1 is 1.30 bits per heavy atom. The van der Waals surface area contributed by atoms with E-state index in [1.165, 1.54) is 24.1 Å². The summed E-state index contributed by atoms with van der Waals surface area (Å²) in [6.45, 7) is 2.58. The predicted molar refractivity (Wildman–Crippen MR) is 103 cm³/mol. The zero-order valence-corrected chi connectivity index (χ0v) is 16.2. The molecule has 2 aromatic rings. The van der Waals surface area contributed by atoms with Gasteiger partial charge in [0, 0.05) is 12.7 Å². The molecule has 0 N–H and O–H groups in total. The Morgan fingerprint density at radius 2 is 2.11 bits per heavy atom. The van der Waals surface area contributed by atoms with Gasteiger partial charge in [-0.3, -0.25) is 4.68 Å². The van der Waals surface area contributed by atoms with Crippen molar-refractivity contribution < 1.29 is 9.47 Å². The Bertz CT molecular complexity index is 861. The summed E-state index contributed by atoms with van der Waals surface area (Å²) >= 11 is 0. The molecule has 1 fully saturated rings. The molecule has 0 aliphatic heterocycles. The van der Waals surface area contributed by atoms with Crippen LogP contribution < -0.4 is 9.47 Å². The Morgan fingerprint density at radius 3 is 2.85 bits per heavy atom. The van der Waals surface area contributed by atoms with E-state index in [0.29, 0.717) is 13.0 Å². The maximum Gasteiger partial charge on any atom is 0.161 e. The van der Waals surface area contributed by atoms with Crippen LogP contribution in [0.15, 0.2) is 24.4 Å². The molecule has 1 saturated carbocycles. The number of benzene rings is 1. The Labute approximate surface area is 160 Å². The third-order valence-corrected chi connectivity index (χ3v) is 6.03. The standard InChI is InChI=1S/C22H27N3O2/c1-3-26-20-9-8-17(12-21(20)27-18-6-4-5-7-18)22(15-23)11-10-19-16(13-22)14-24-25(19)2/h8-9,12,14,18H,3-7,10-11,13H2,1-2H3. The molecule has 142 valence electrons. The molecule has 1 atom stereocenters. The van der Waals surface area contributed by atoms with Crippen LogP contribution in [0.1, 0.15) is 55.8 Å². The first-order valence-electron chi connectivity index (χ1n) is 10.00. The molecule has 5 heteroatoms. The molecule has 2 aliphatic rings. The van der Waals surface area contributed by atoms with Crippen LogP contribution in [0, 0.1) is 11.3 Å². The quantitative estimate of drug-likeness (QED) is 0.801. The summed E-state index contributed by atoms with van der Waals surface area (Å²) < 4.78 is 14.0. The van der Waals surface area contributed by atoms with Crippen LogP contribution in [0.4, 0.5) is 0 Å². The Kier molecular flexibility index (Phi) is 4.82. The lowest BCUT2D eigenvalue weighted by molar-refractivity contribution is 0.196. The molecule has 1 heterocycles. The minimum atomic E-state index is -0.533. The SMILES string of the molecule is CCOc1ccc(C2(C#N)CCc3c(cnn3C)C2)cc1OC1CCCC1. The van der Waals surface area contributed by atoms with Crippen molar-refractivity contribution in [2.45, 2.75) is 63.4 Å². The van der Waals surface area contributed by atoms with Gasteiger partial charge in [-0.2, -0.15) is 10.4 Å². The number of hydrogen-bond acceptors (Lipinski definition) is 4. The lowest BCUT2D eigenvalue weighted by atomic mass is 9.70. The Hall–Kier alpha value is -2.48. The van der Waals surface area contributed by atoms with E-state index >= 15 is 0 Å². The second-order valence-corrected chi connectivity index (χ2v) is 7.73. The van der Waals surface area contributed by atoms with Gasteiger partial charge in [0.05, 0.1) is 30.4 Å². The number of nitriles is 1. The van der Waals surface area contributed by atoms with E-state index in [1.807, 2.05) is 43.0 Å². The summed E-state index contributed by atoms with van der Waals surface area (Å²) in [6, 6.07) is 8.68. The van der Waals surface area contributed by atoms with Crippen molar-refractivity contribution in [3.05, 3.63) is 41.2 Å². The van der Waals surface area contributed by atoms with Crippen molar-refractivity contribution in [2.24, 2.45) is 7.05 Å². The molecule has 0 radical (unpaired) electrons. The summed E-state index contributed by atoms with van der Waals surface area (Å²) in [5.41, 5.74) is 2.91. The van der Waals surface area contributed by atoms with E-state index in [4.69, 9.17) is 9.47 Å². The number of hydrogen-bond donors (Lipinski definition) is 0. The fraction of sp³-hybridized carbons (Fsp3) is 0.545. The average molecular weight is 365 g/mol. The highest BCUT2D eigenvalue weighted by atomic mass is 16.5. The molecule has 5 nitrogen and oxygen atoms in total. The highest BCUT2D eigenvalue weighted by Crippen LogP contribution is 2.42. The lowest BCUT2D eigenvalue weighted by Crippen LogP contribution is -2.32. The number of aromatic nitrogens is 2. The van der Waals surface area contributed by atoms with Gasteiger partial charge < -0.3 is 9.47 Å². The van der Waals surface area contributed by atoms with Crippen LogP contribution in [-0.4, -0.2) is 22.5 Å². The van der Waals surface area contributed by atoms with Crippen molar-refractivity contribution in [2.75, 3.05) is 6.61 Å². The molecule has 27 heavy (non-hydrogen) atoms. The van der Waals surface area contributed by atoms with Gasteiger partial charge in [-0.25, -0.2) is 0 Å². The van der Waals surface area contributed by atoms with Gasteiger partial charge in [0.25, 0.3) is 0 Å². The largest absolute Gasteiger partial charge is 0.490 e. The average Bonchev–Trinajstić information content (AvgIpc) is 3.33. The lowest BCUT2D eigenvalue weighted by Gasteiger charge is -2.32. The zero-order valence-electron chi connectivity index (χ0n) is 16.2. The molecule has 1 unspecified atom stereocenters. The van der Waals surface area contributed by atoms with Crippen LogP contribution in [-0.2, 0) is 25.3 Å². The molecule has 1 aromatic carbocycles. The third-order valence-electron chi connectivity index (χ3n) is 6.03. The molecular formula is C22H27N3O2. The van der Waals surface area contributed by atoms with Gasteiger partial charge in [0.15, 0.2) is 11.5 Å². The fourth-order valence-corrected chi connectivity index (χ4v) is 4.49. The van der Waals surface area contributed by atoms with Crippen molar-refractivity contribution in [3.63, 3.8) is 0 Å². The Balaban J connectivity index is 1.68. The summed E-state index contributed by atoms with van der Waals surface area (Å²) in [5, 5.41) is 14.5. The molecular weight excluding hydrogens is 338 g/mol. The number of ether oxygens (including phenoxy) is 2. The van der Waals surface area contributed by atoms with Crippen LogP contribution in [0.5, 0.6) is 11.5 Å². The van der Waals surface area contributed by atoms with Crippen LogP contribution in [0.3, 0.4) is 0 Å². The van der Waals surface area contributed by atoms with Crippen molar-refractivity contribution in [3.8, 4) is 17.6 Å². The predicted octanol–water partition coefficient (Wildman–Crippen LogP) is 4.09.